The molecule has 0 saturated carbocycles. The Kier molecular flexibility index (Phi) is 5.42. The fraction of sp³-hybridized carbons (Fsp3) is 0.300. The van der Waals surface area contributed by atoms with E-state index in [0.717, 1.165) is 0 Å². The molecule has 10 heteroatoms. The zero-order chi connectivity index (χ0) is 15.5. The zero-order valence-electron chi connectivity index (χ0n) is 9.88. The SMILES string of the molecule is O=C(O)c1cc(S(=O)(=O)NCC(O)CO)cc(F)c1Cl. The first-order chi connectivity index (χ1) is 9.19. The summed E-state index contributed by atoms with van der Waals surface area (Å²) in [4.78, 5) is 10.2. The topological polar surface area (TPSA) is 124 Å². The van der Waals surface area contributed by atoms with Crippen molar-refractivity contribution in [3.05, 3.63) is 28.5 Å². The lowest BCUT2D eigenvalue weighted by Gasteiger charge is -2.11. The summed E-state index contributed by atoms with van der Waals surface area (Å²) in [5.41, 5.74) is -0.699. The second-order valence-electron chi connectivity index (χ2n) is 3.76. The number of rotatable bonds is 6. The van der Waals surface area contributed by atoms with Crippen LogP contribution in [-0.2, 0) is 10.0 Å². The number of sulfonamides is 1. The molecule has 0 bridgehead atoms. The minimum absolute atomic E-state index is 0.508. The van der Waals surface area contributed by atoms with E-state index in [1.54, 1.807) is 0 Å². The molecule has 0 aliphatic carbocycles. The quantitative estimate of drug-likeness (QED) is 0.574. The van der Waals surface area contributed by atoms with Gasteiger partial charge in [0.05, 0.1) is 28.2 Å². The third-order valence-electron chi connectivity index (χ3n) is 2.26. The summed E-state index contributed by atoms with van der Waals surface area (Å²) in [5, 5.41) is 25.7. The van der Waals surface area contributed by atoms with Gasteiger partial charge >= 0.3 is 5.97 Å². The van der Waals surface area contributed by atoms with Crippen LogP contribution in [0.25, 0.3) is 0 Å². The van der Waals surface area contributed by atoms with Gasteiger partial charge in [0.2, 0.25) is 10.0 Å². The molecule has 0 radical (unpaired) electrons. The Bertz CT molecular complexity index is 620. The molecule has 1 atom stereocenters. The molecule has 0 spiro atoms. The molecule has 0 amide bonds. The fourth-order valence-corrected chi connectivity index (χ4v) is 2.53. The average Bonchev–Trinajstić information content (AvgIpc) is 2.38. The molecule has 0 heterocycles. The molecule has 112 valence electrons. The predicted octanol–water partition coefficient (Wildman–Crippen LogP) is -0.191. The molecule has 0 saturated heterocycles. The second kappa shape index (κ2) is 6.46. The Morgan fingerprint density at radius 2 is 2.05 bits per heavy atom. The van der Waals surface area contributed by atoms with E-state index in [0.29, 0.717) is 12.1 Å². The van der Waals surface area contributed by atoms with Gasteiger partial charge in [-0.15, -0.1) is 0 Å². The normalized spacial score (nSPS) is 13.2. The minimum Gasteiger partial charge on any atom is -0.478 e. The van der Waals surface area contributed by atoms with Gasteiger partial charge in [0.15, 0.2) is 0 Å². The van der Waals surface area contributed by atoms with E-state index in [1.165, 1.54) is 0 Å². The number of carbonyl (C=O) groups is 1. The number of aliphatic hydroxyl groups excluding tert-OH is 2. The minimum atomic E-state index is -4.24. The Hall–Kier alpha value is -1.26. The van der Waals surface area contributed by atoms with Gasteiger partial charge in [0.1, 0.15) is 5.82 Å². The summed E-state index contributed by atoms with van der Waals surface area (Å²) in [6.45, 7) is -1.18. The first-order valence-corrected chi connectivity index (χ1v) is 7.06. The van der Waals surface area contributed by atoms with E-state index in [1.807, 2.05) is 4.72 Å². The molecule has 0 aliphatic rings. The Labute approximate surface area is 118 Å². The summed E-state index contributed by atoms with van der Waals surface area (Å²) in [7, 11) is -4.24. The van der Waals surface area contributed by atoms with Crippen molar-refractivity contribution in [1.29, 1.82) is 0 Å². The summed E-state index contributed by atoms with van der Waals surface area (Å²) >= 11 is 5.42. The van der Waals surface area contributed by atoms with Crippen molar-refractivity contribution in [3.63, 3.8) is 0 Å². The van der Waals surface area contributed by atoms with Crippen LogP contribution < -0.4 is 4.72 Å². The van der Waals surface area contributed by atoms with Crippen LogP contribution >= 0.6 is 11.6 Å². The van der Waals surface area contributed by atoms with Crippen LogP contribution in [0.2, 0.25) is 5.02 Å². The first-order valence-electron chi connectivity index (χ1n) is 5.20. The summed E-state index contributed by atoms with van der Waals surface area (Å²) in [5.74, 6) is -2.78. The molecule has 0 aliphatic heterocycles. The molecule has 1 unspecified atom stereocenters. The van der Waals surface area contributed by atoms with Gasteiger partial charge in [0.25, 0.3) is 0 Å². The van der Waals surface area contributed by atoms with Crippen LogP contribution in [0.1, 0.15) is 10.4 Å². The molecule has 0 aromatic heterocycles. The van der Waals surface area contributed by atoms with E-state index in [9.17, 15) is 17.6 Å². The summed E-state index contributed by atoms with van der Waals surface area (Å²) in [6, 6.07) is 1.25. The smallest absolute Gasteiger partial charge is 0.337 e. The van der Waals surface area contributed by atoms with Crippen molar-refractivity contribution < 1.29 is 32.9 Å². The fourth-order valence-electron chi connectivity index (χ4n) is 1.23. The van der Waals surface area contributed by atoms with Crippen LogP contribution in [0.5, 0.6) is 0 Å². The standard InChI is InChI=1S/C10H11ClFNO6S/c11-9-7(10(16)17)1-6(2-8(9)12)20(18,19)13-3-5(15)4-14/h1-2,5,13-15H,3-4H2,(H,16,17). The number of carboxylic acids is 1. The number of halogens is 2. The number of carboxylic acid groups (broad SMARTS) is 1. The molecule has 4 N–H and O–H groups in total. The van der Waals surface area contributed by atoms with E-state index < -0.39 is 56.5 Å². The highest BCUT2D eigenvalue weighted by Crippen LogP contribution is 2.24. The summed E-state index contributed by atoms with van der Waals surface area (Å²) in [6.07, 6.45) is -1.33. The molecule has 0 fully saturated rings. The van der Waals surface area contributed by atoms with E-state index in [2.05, 4.69) is 0 Å². The molecule has 1 rings (SSSR count). The van der Waals surface area contributed by atoms with Gasteiger partial charge in [-0.2, -0.15) is 0 Å². The van der Waals surface area contributed by atoms with Crippen molar-refractivity contribution in [2.45, 2.75) is 11.0 Å². The highest BCUT2D eigenvalue weighted by Gasteiger charge is 2.22. The lowest BCUT2D eigenvalue weighted by Crippen LogP contribution is -2.34. The molecule has 20 heavy (non-hydrogen) atoms. The number of hydrogen-bond acceptors (Lipinski definition) is 5. The van der Waals surface area contributed by atoms with Gasteiger partial charge in [0, 0.05) is 6.54 Å². The predicted molar refractivity (Wildman–Crippen MR) is 66.7 cm³/mol. The van der Waals surface area contributed by atoms with Crippen LogP contribution in [-0.4, -0.2) is 49.0 Å². The number of hydrogen-bond donors (Lipinski definition) is 4. The largest absolute Gasteiger partial charge is 0.478 e. The van der Waals surface area contributed by atoms with Crippen molar-refractivity contribution in [2.24, 2.45) is 0 Å². The lowest BCUT2D eigenvalue weighted by molar-refractivity contribution is 0.0696. The van der Waals surface area contributed by atoms with E-state index >= 15 is 0 Å². The van der Waals surface area contributed by atoms with Crippen molar-refractivity contribution in [1.82, 2.24) is 4.72 Å². The maximum absolute atomic E-state index is 13.4. The third-order valence-corrected chi connectivity index (χ3v) is 4.05. The highest BCUT2D eigenvalue weighted by molar-refractivity contribution is 7.89. The number of aliphatic hydroxyl groups is 2. The van der Waals surface area contributed by atoms with Crippen LogP contribution in [0.15, 0.2) is 17.0 Å². The van der Waals surface area contributed by atoms with Crippen molar-refractivity contribution >= 4 is 27.6 Å². The van der Waals surface area contributed by atoms with Crippen molar-refractivity contribution in [3.8, 4) is 0 Å². The third kappa shape index (κ3) is 3.87. The van der Waals surface area contributed by atoms with Gasteiger partial charge in [-0.05, 0) is 12.1 Å². The van der Waals surface area contributed by atoms with E-state index in [4.69, 9.17) is 26.9 Å². The van der Waals surface area contributed by atoms with Gasteiger partial charge in [-0.3, -0.25) is 0 Å². The van der Waals surface area contributed by atoms with Crippen molar-refractivity contribution in [2.75, 3.05) is 13.2 Å². The number of benzene rings is 1. The van der Waals surface area contributed by atoms with E-state index in [-0.39, 0.29) is 0 Å². The van der Waals surface area contributed by atoms with Gasteiger partial charge in [-0.25, -0.2) is 22.3 Å². The van der Waals surface area contributed by atoms with Gasteiger partial charge in [-0.1, -0.05) is 11.6 Å². The van der Waals surface area contributed by atoms with Crippen LogP contribution in [0.4, 0.5) is 4.39 Å². The molecule has 7 nitrogen and oxygen atoms in total. The van der Waals surface area contributed by atoms with Crippen LogP contribution in [0.3, 0.4) is 0 Å². The molecule has 1 aromatic rings. The van der Waals surface area contributed by atoms with Gasteiger partial charge < -0.3 is 15.3 Å². The molecule has 1 aromatic carbocycles. The average molecular weight is 328 g/mol. The zero-order valence-corrected chi connectivity index (χ0v) is 11.4. The maximum atomic E-state index is 13.4. The molecular formula is C10H11ClFNO6S. The highest BCUT2D eigenvalue weighted by atomic mass is 35.5. The maximum Gasteiger partial charge on any atom is 0.337 e. The monoisotopic (exact) mass is 327 g/mol. The lowest BCUT2D eigenvalue weighted by atomic mass is 10.2. The number of aromatic carboxylic acids is 1. The summed E-state index contributed by atoms with van der Waals surface area (Å²) < 4.78 is 38.9. The Morgan fingerprint density at radius 1 is 1.45 bits per heavy atom. The van der Waals surface area contributed by atoms with Crippen LogP contribution in [0, 0.1) is 5.82 Å². The Morgan fingerprint density at radius 3 is 2.55 bits per heavy atom. The second-order valence-corrected chi connectivity index (χ2v) is 5.91. The first kappa shape index (κ1) is 16.8. The number of nitrogens with one attached hydrogen (secondary N) is 1. The Balaban J connectivity index is 3.16. The molecular weight excluding hydrogens is 317 g/mol.